The van der Waals surface area contributed by atoms with Crippen LogP contribution in [0.5, 0.6) is 0 Å². The molecule has 0 amide bonds. The number of carboxylic acids is 1. The molecule has 0 aromatic carbocycles. The first kappa shape index (κ1) is 12.8. The Morgan fingerprint density at radius 3 is 2.94 bits per heavy atom. The molecule has 17 heavy (non-hydrogen) atoms. The Bertz CT molecular complexity index is 269. The van der Waals surface area contributed by atoms with Crippen molar-refractivity contribution in [3.8, 4) is 0 Å². The van der Waals surface area contributed by atoms with Gasteiger partial charge in [-0.3, -0.25) is 9.69 Å². The fourth-order valence-corrected chi connectivity index (χ4v) is 3.33. The first-order valence-electron chi connectivity index (χ1n) is 6.80. The van der Waals surface area contributed by atoms with Gasteiger partial charge in [0.25, 0.3) is 0 Å². The lowest BCUT2D eigenvalue weighted by Gasteiger charge is -2.40. The first-order chi connectivity index (χ1) is 8.24. The summed E-state index contributed by atoms with van der Waals surface area (Å²) in [6.07, 6.45) is 5.50. The molecule has 0 aromatic rings. The smallest absolute Gasteiger partial charge is 0.320 e. The maximum Gasteiger partial charge on any atom is 0.320 e. The second-order valence-electron chi connectivity index (χ2n) is 5.19. The van der Waals surface area contributed by atoms with Crippen LogP contribution in [0.15, 0.2) is 0 Å². The van der Waals surface area contributed by atoms with E-state index in [2.05, 4.69) is 4.90 Å². The number of carboxylic acid groups (broad SMARTS) is 1. The molecule has 4 heteroatoms. The van der Waals surface area contributed by atoms with Crippen molar-refractivity contribution in [3.63, 3.8) is 0 Å². The van der Waals surface area contributed by atoms with Gasteiger partial charge in [0.1, 0.15) is 6.04 Å². The summed E-state index contributed by atoms with van der Waals surface area (Å²) in [6, 6.07) is 0.0922. The Morgan fingerprint density at radius 2 is 2.24 bits per heavy atom. The fourth-order valence-electron chi connectivity index (χ4n) is 3.33. The van der Waals surface area contributed by atoms with Crippen LogP contribution in [0.2, 0.25) is 0 Å². The van der Waals surface area contributed by atoms with Gasteiger partial charge in [-0.15, -0.1) is 0 Å². The summed E-state index contributed by atoms with van der Waals surface area (Å²) < 4.78 is 5.63. The van der Waals surface area contributed by atoms with Gasteiger partial charge in [0.05, 0.1) is 13.2 Å². The largest absolute Gasteiger partial charge is 0.480 e. The van der Waals surface area contributed by atoms with Crippen molar-refractivity contribution in [3.05, 3.63) is 0 Å². The van der Waals surface area contributed by atoms with Gasteiger partial charge in [-0.05, 0) is 25.2 Å². The van der Waals surface area contributed by atoms with E-state index in [-0.39, 0.29) is 6.04 Å². The topological polar surface area (TPSA) is 49.8 Å². The van der Waals surface area contributed by atoms with E-state index in [1.54, 1.807) is 0 Å². The van der Waals surface area contributed by atoms with Crippen molar-refractivity contribution in [2.24, 2.45) is 5.92 Å². The lowest BCUT2D eigenvalue weighted by atomic mass is 9.83. The van der Waals surface area contributed by atoms with Gasteiger partial charge in [0, 0.05) is 12.6 Å². The van der Waals surface area contributed by atoms with Crippen LogP contribution in [0.25, 0.3) is 0 Å². The van der Waals surface area contributed by atoms with Gasteiger partial charge in [-0.25, -0.2) is 0 Å². The van der Waals surface area contributed by atoms with Gasteiger partial charge in [-0.1, -0.05) is 19.8 Å². The minimum Gasteiger partial charge on any atom is -0.480 e. The molecule has 1 heterocycles. The Kier molecular flexibility index (Phi) is 4.40. The fraction of sp³-hybridized carbons (Fsp3) is 0.923. The first-order valence-corrected chi connectivity index (χ1v) is 6.80. The van der Waals surface area contributed by atoms with Crippen LogP contribution in [0, 0.1) is 5.92 Å². The van der Waals surface area contributed by atoms with Crippen LogP contribution in [0.4, 0.5) is 0 Å². The van der Waals surface area contributed by atoms with Crippen LogP contribution in [0.3, 0.4) is 0 Å². The third kappa shape index (κ3) is 2.80. The van der Waals surface area contributed by atoms with Crippen molar-refractivity contribution >= 4 is 5.97 Å². The Morgan fingerprint density at radius 1 is 1.47 bits per heavy atom. The van der Waals surface area contributed by atoms with Crippen molar-refractivity contribution in [1.29, 1.82) is 0 Å². The molecule has 4 nitrogen and oxygen atoms in total. The van der Waals surface area contributed by atoms with E-state index in [0.717, 1.165) is 19.6 Å². The minimum absolute atomic E-state index is 0.331. The Balaban J connectivity index is 2.14. The quantitative estimate of drug-likeness (QED) is 0.817. The molecular formula is C13H23NO3. The molecule has 2 aliphatic rings. The van der Waals surface area contributed by atoms with E-state index in [1.807, 2.05) is 6.92 Å². The predicted molar refractivity (Wildman–Crippen MR) is 65.0 cm³/mol. The number of aliphatic carboxylic acids is 1. The molecule has 98 valence electrons. The molecule has 0 unspecified atom stereocenters. The van der Waals surface area contributed by atoms with E-state index < -0.39 is 5.97 Å². The lowest BCUT2D eigenvalue weighted by molar-refractivity contribution is -0.145. The molecule has 1 aliphatic heterocycles. The molecule has 2 rings (SSSR count). The second kappa shape index (κ2) is 5.83. The van der Waals surface area contributed by atoms with E-state index in [9.17, 15) is 9.90 Å². The van der Waals surface area contributed by atoms with Crippen LogP contribution >= 0.6 is 0 Å². The zero-order valence-corrected chi connectivity index (χ0v) is 10.6. The van der Waals surface area contributed by atoms with Gasteiger partial charge >= 0.3 is 5.97 Å². The van der Waals surface area contributed by atoms with E-state index in [1.165, 1.54) is 19.3 Å². The maximum absolute atomic E-state index is 11.3. The SMILES string of the molecule is CC[C@H](C(=O)O)N1CCOC[C@@H]2CCCC[C@@H]21. The van der Waals surface area contributed by atoms with Gasteiger partial charge in [0.15, 0.2) is 0 Å². The summed E-state index contributed by atoms with van der Waals surface area (Å²) in [7, 11) is 0. The lowest BCUT2D eigenvalue weighted by Crippen LogP contribution is -2.51. The molecule has 1 saturated carbocycles. The molecule has 1 saturated heterocycles. The van der Waals surface area contributed by atoms with Crippen molar-refractivity contribution in [2.75, 3.05) is 19.8 Å². The number of nitrogens with zero attached hydrogens (tertiary/aromatic N) is 1. The molecule has 3 atom stereocenters. The van der Waals surface area contributed by atoms with Crippen molar-refractivity contribution in [2.45, 2.75) is 51.1 Å². The van der Waals surface area contributed by atoms with Crippen LogP contribution < -0.4 is 0 Å². The highest BCUT2D eigenvalue weighted by Gasteiger charge is 2.37. The summed E-state index contributed by atoms with van der Waals surface area (Å²) in [5, 5.41) is 9.33. The summed E-state index contributed by atoms with van der Waals surface area (Å²) in [5.74, 6) is -0.140. The van der Waals surface area contributed by atoms with E-state index in [0.29, 0.717) is 25.0 Å². The van der Waals surface area contributed by atoms with Gasteiger partial charge < -0.3 is 9.84 Å². The third-order valence-corrected chi connectivity index (χ3v) is 4.19. The molecule has 0 aromatic heterocycles. The number of fused-ring (bicyclic) bond motifs is 1. The number of hydrogen-bond donors (Lipinski definition) is 1. The number of hydrogen-bond acceptors (Lipinski definition) is 3. The summed E-state index contributed by atoms with van der Waals surface area (Å²) in [6.45, 7) is 4.22. The molecule has 0 spiro atoms. The standard InChI is InChI=1S/C13H23NO3/c1-2-11(13(15)16)14-7-8-17-9-10-5-3-4-6-12(10)14/h10-12H,2-9H2,1H3,(H,15,16)/t10-,11+,12-/m0/s1. The zero-order valence-electron chi connectivity index (χ0n) is 10.6. The Labute approximate surface area is 103 Å². The average molecular weight is 241 g/mol. The summed E-state index contributed by atoms with van der Waals surface area (Å²) in [4.78, 5) is 13.5. The zero-order chi connectivity index (χ0) is 12.3. The van der Waals surface area contributed by atoms with Crippen LogP contribution in [0.1, 0.15) is 39.0 Å². The number of carbonyl (C=O) groups is 1. The average Bonchev–Trinajstić information content (AvgIpc) is 2.53. The third-order valence-electron chi connectivity index (χ3n) is 4.19. The number of ether oxygens (including phenoxy) is 1. The highest BCUT2D eigenvalue weighted by atomic mass is 16.5. The Hall–Kier alpha value is -0.610. The highest BCUT2D eigenvalue weighted by molar-refractivity contribution is 5.73. The summed E-state index contributed by atoms with van der Waals surface area (Å²) >= 11 is 0. The highest BCUT2D eigenvalue weighted by Crippen LogP contribution is 2.32. The van der Waals surface area contributed by atoms with Crippen LogP contribution in [-0.2, 0) is 9.53 Å². The summed E-state index contributed by atoms with van der Waals surface area (Å²) in [5.41, 5.74) is 0. The van der Waals surface area contributed by atoms with Gasteiger partial charge in [0.2, 0.25) is 0 Å². The monoisotopic (exact) mass is 241 g/mol. The minimum atomic E-state index is -0.682. The van der Waals surface area contributed by atoms with Crippen molar-refractivity contribution in [1.82, 2.24) is 4.90 Å². The second-order valence-corrected chi connectivity index (χ2v) is 5.19. The molecule has 0 bridgehead atoms. The normalized spacial score (nSPS) is 32.5. The molecular weight excluding hydrogens is 218 g/mol. The molecule has 1 N–H and O–H groups in total. The molecule has 2 fully saturated rings. The molecule has 1 aliphatic carbocycles. The predicted octanol–water partition coefficient (Wildman–Crippen LogP) is 1.74. The van der Waals surface area contributed by atoms with Crippen LogP contribution in [-0.4, -0.2) is 47.8 Å². The molecule has 0 radical (unpaired) electrons. The van der Waals surface area contributed by atoms with E-state index in [4.69, 9.17) is 4.74 Å². The maximum atomic E-state index is 11.3. The number of rotatable bonds is 3. The van der Waals surface area contributed by atoms with Gasteiger partial charge in [-0.2, -0.15) is 0 Å². The van der Waals surface area contributed by atoms with Crippen molar-refractivity contribution < 1.29 is 14.6 Å². The van der Waals surface area contributed by atoms with E-state index >= 15 is 0 Å².